The molecule has 0 saturated heterocycles. The molecule has 6 heteroatoms. The lowest BCUT2D eigenvalue weighted by atomic mass is 10.0. The Morgan fingerprint density at radius 2 is 1.89 bits per heavy atom. The Morgan fingerprint density at radius 1 is 1.14 bits per heavy atom. The van der Waals surface area contributed by atoms with Crippen molar-refractivity contribution < 1.29 is 14.3 Å². The fourth-order valence-electron chi connectivity index (χ4n) is 2.59. The number of hydrogen-bond donors (Lipinski definition) is 3. The van der Waals surface area contributed by atoms with Crippen LogP contribution >= 0.6 is 0 Å². The van der Waals surface area contributed by atoms with Crippen LogP contribution < -0.4 is 21.1 Å². The Kier molecular flexibility index (Phi) is 8.24. The third-order valence-corrected chi connectivity index (χ3v) is 4.15. The Labute approximate surface area is 165 Å². The first-order valence-electron chi connectivity index (χ1n) is 9.21. The van der Waals surface area contributed by atoms with Gasteiger partial charge in [-0.15, -0.1) is 0 Å². The van der Waals surface area contributed by atoms with Crippen LogP contribution in [0.1, 0.15) is 18.9 Å². The van der Waals surface area contributed by atoms with Gasteiger partial charge in [0.15, 0.2) is 0 Å². The summed E-state index contributed by atoms with van der Waals surface area (Å²) in [5.41, 5.74) is 7.45. The maximum Gasteiger partial charge on any atom is 0.248 e. The van der Waals surface area contributed by atoms with Gasteiger partial charge in [0.1, 0.15) is 5.75 Å². The number of carbonyl (C=O) groups is 2. The SMILES string of the molecule is COc1cccc(NC(=O)C=C[C@H](CCc2ccccc2)NC(=O)[C@H](C)N)c1. The lowest BCUT2D eigenvalue weighted by molar-refractivity contribution is -0.122. The molecule has 0 bridgehead atoms. The van der Waals surface area contributed by atoms with Crippen LogP contribution in [0.5, 0.6) is 5.75 Å². The standard InChI is InChI=1S/C22H27N3O3/c1-16(23)22(27)25-18(12-11-17-7-4-3-5-8-17)13-14-21(26)24-19-9-6-10-20(15-19)28-2/h3-10,13-16,18H,11-12,23H2,1-2H3,(H,24,26)(H,25,27)/t16-,18-/m0/s1. The molecule has 0 unspecified atom stereocenters. The third kappa shape index (κ3) is 7.25. The van der Waals surface area contributed by atoms with Crippen LogP contribution in [-0.2, 0) is 16.0 Å². The van der Waals surface area contributed by atoms with Crippen molar-refractivity contribution >= 4 is 17.5 Å². The van der Waals surface area contributed by atoms with E-state index < -0.39 is 6.04 Å². The highest BCUT2D eigenvalue weighted by Crippen LogP contribution is 2.16. The van der Waals surface area contributed by atoms with E-state index in [2.05, 4.69) is 10.6 Å². The molecule has 0 saturated carbocycles. The predicted octanol–water partition coefficient (Wildman–Crippen LogP) is 2.65. The Bertz CT molecular complexity index is 804. The van der Waals surface area contributed by atoms with E-state index in [1.165, 1.54) is 6.08 Å². The van der Waals surface area contributed by atoms with Crippen molar-refractivity contribution in [2.75, 3.05) is 12.4 Å². The van der Waals surface area contributed by atoms with E-state index in [-0.39, 0.29) is 17.9 Å². The number of nitrogens with two attached hydrogens (primary N) is 1. The van der Waals surface area contributed by atoms with Gasteiger partial charge in [0.05, 0.1) is 13.2 Å². The summed E-state index contributed by atoms with van der Waals surface area (Å²) in [7, 11) is 1.57. The minimum Gasteiger partial charge on any atom is -0.497 e. The topological polar surface area (TPSA) is 93.5 Å². The molecule has 2 amide bonds. The number of rotatable bonds is 9. The number of methoxy groups -OCH3 is 1. The second-order valence-electron chi connectivity index (χ2n) is 6.51. The maximum atomic E-state index is 12.2. The summed E-state index contributed by atoms with van der Waals surface area (Å²) in [5, 5.41) is 5.65. The quantitative estimate of drug-likeness (QED) is 0.582. The number of aryl methyl sites for hydroxylation is 1. The van der Waals surface area contributed by atoms with E-state index >= 15 is 0 Å². The number of benzene rings is 2. The van der Waals surface area contributed by atoms with Gasteiger partial charge in [0.2, 0.25) is 11.8 Å². The molecule has 2 atom stereocenters. The molecule has 0 aliphatic heterocycles. The van der Waals surface area contributed by atoms with Gasteiger partial charge < -0.3 is 21.1 Å². The normalized spacial score (nSPS) is 13.0. The molecule has 2 aromatic carbocycles. The van der Waals surface area contributed by atoms with Crippen LogP contribution in [0.25, 0.3) is 0 Å². The van der Waals surface area contributed by atoms with E-state index in [1.807, 2.05) is 30.3 Å². The van der Waals surface area contributed by atoms with Crippen LogP contribution in [-0.4, -0.2) is 31.0 Å². The molecule has 6 nitrogen and oxygen atoms in total. The van der Waals surface area contributed by atoms with Crippen molar-refractivity contribution in [1.29, 1.82) is 0 Å². The van der Waals surface area contributed by atoms with Gasteiger partial charge in [0, 0.05) is 23.9 Å². The molecule has 0 aromatic heterocycles. The number of ether oxygens (including phenoxy) is 1. The second kappa shape index (κ2) is 10.9. The summed E-state index contributed by atoms with van der Waals surface area (Å²) in [6.07, 6.45) is 4.55. The summed E-state index contributed by atoms with van der Waals surface area (Å²) < 4.78 is 5.15. The first-order chi connectivity index (χ1) is 13.5. The lowest BCUT2D eigenvalue weighted by Gasteiger charge is -2.17. The maximum absolute atomic E-state index is 12.2. The second-order valence-corrected chi connectivity index (χ2v) is 6.51. The fraction of sp³-hybridized carbons (Fsp3) is 0.273. The van der Waals surface area contributed by atoms with Gasteiger partial charge in [0.25, 0.3) is 0 Å². The highest BCUT2D eigenvalue weighted by atomic mass is 16.5. The predicted molar refractivity (Wildman–Crippen MR) is 111 cm³/mol. The van der Waals surface area contributed by atoms with Gasteiger partial charge in [-0.3, -0.25) is 9.59 Å². The van der Waals surface area contributed by atoms with Gasteiger partial charge in [-0.05, 0) is 37.5 Å². The molecule has 28 heavy (non-hydrogen) atoms. The molecule has 0 aliphatic rings. The zero-order chi connectivity index (χ0) is 20.4. The highest BCUT2D eigenvalue weighted by Gasteiger charge is 2.13. The van der Waals surface area contributed by atoms with Crippen LogP contribution in [0.15, 0.2) is 66.7 Å². The monoisotopic (exact) mass is 381 g/mol. The van der Waals surface area contributed by atoms with Crippen LogP contribution in [0.2, 0.25) is 0 Å². The molecule has 0 heterocycles. The van der Waals surface area contributed by atoms with Gasteiger partial charge in [-0.1, -0.05) is 42.5 Å². The Hall–Kier alpha value is -3.12. The lowest BCUT2D eigenvalue weighted by Crippen LogP contribution is -2.43. The fourth-order valence-corrected chi connectivity index (χ4v) is 2.59. The first-order valence-corrected chi connectivity index (χ1v) is 9.21. The Balaban J connectivity index is 2.00. The van der Waals surface area contributed by atoms with Crippen LogP contribution in [0.3, 0.4) is 0 Å². The molecule has 0 fully saturated rings. The molecule has 148 valence electrons. The minimum atomic E-state index is -0.613. The molecule has 0 aliphatic carbocycles. The van der Waals surface area contributed by atoms with Crippen molar-refractivity contribution in [3.8, 4) is 5.75 Å². The van der Waals surface area contributed by atoms with E-state index in [0.29, 0.717) is 17.9 Å². The number of carbonyl (C=O) groups excluding carboxylic acids is 2. The average molecular weight is 381 g/mol. The summed E-state index contributed by atoms with van der Waals surface area (Å²) >= 11 is 0. The summed E-state index contributed by atoms with van der Waals surface area (Å²) in [6, 6.07) is 16.2. The summed E-state index contributed by atoms with van der Waals surface area (Å²) in [4.78, 5) is 24.2. The number of amides is 2. The molecule has 2 rings (SSSR count). The summed E-state index contributed by atoms with van der Waals surface area (Å²) in [5.74, 6) is 0.121. The number of anilines is 1. The van der Waals surface area contributed by atoms with Gasteiger partial charge in [-0.25, -0.2) is 0 Å². The minimum absolute atomic E-state index is 0.254. The van der Waals surface area contributed by atoms with Gasteiger partial charge >= 0.3 is 0 Å². The zero-order valence-electron chi connectivity index (χ0n) is 16.2. The number of nitrogens with one attached hydrogen (secondary N) is 2. The molecule has 2 aromatic rings. The molecule has 0 radical (unpaired) electrons. The first kappa shape index (κ1) is 21.2. The zero-order valence-corrected chi connectivity index (χ0v) is 16.2. The van der Waals surface area contributed by atoms with Crippen molar-refractivity contribution in [1.82, 2.24) is 5.32 Å². The number of hydrogen-bond acceptors (Lipinski definition) is 4. The van der Waals surface area contributed by atoms with E-state index in [4.69, 9.17) is 10.5 Å². The average Bonchev–Trinajstić information content (AvgIpc) is 2.70. The van der Waals surface area contributed by atoms with Crippen LogP contribution in [0.4, 0.5) is 5.69 Å². The largest absolute Gasteiger partial charge is 0.497 e. The van der Waals surface area contributed by atoms with Gasteiger partial charge in [-0.2, -0.15) is 0 Å². The van der Waals surface area contributed by atoms with Crippen LogP contribution in [0, 0.1) is 0 Å². The third-order valence-electron chi connectivity index (χ3n) is 4.15. The smallest absolute Gasteiger partial charge is 0.248 e. The molecule has 0 spiro atoms. The van der Waals surface area contributed by atoms with Crippen molar-refractivity contribution in [3.63, 3.8) is 0 Å². The molecular weight excluding hydrogens is 354 g/mol. The van der Waals surface area contributed by atoms with E-state index in [0.717, 1.165) is 12.0 Å². The van der Waals surface area contributed by atoms with E-state index in [1.54, 1.807) is 44.4 Å². The van der Waals surface area contributed by atoms with E-state index in [9.17, 15) is 9.59 Å². The van der Waals surface area contributed by atoms with Crippen molar-refractivity contribution in [2.24, 2.45) is 5.73 Å². The molecular formula is C22H27N3O3. The van der Waals surface area contributed by atoms with Crippen molar-refractivity contribution in [2.45, 2.75) is 31.8 Å². The highest BCUT2D eigenvalue weighted by molar-refractivity contribution is 5.99. The van der Waals surface area contributed by atoms with Crippen molar-refractivity contribution in [3.05, 3.63) is 72.3 Å². The molecule has 4 N–H and O–H groups in total. The summed E-state index contributed by atoms with van der Waals surface area (Å²) in [6.45, 7) is 1.63. The Morgan fingerprint density at radius 3 is 2.57 bits per heavy atom.